The fourth-order valence-corrected chi connectivity index (χ4v) is 2.64. The number of carbonyl (C=O) groups is 1. The zero-order valence-corrected chi connectivity index (χ0v) is 12.9. The van der Waals surface area contributed by atoms with Crippen molar-refractivity contribution in [2.75, 3.05) is 5.32 Å². The summed E-state index contributed by atoms with van der Waals surface area (Å²) in [6.07, 6.45) is 0. The lowest BCUT2D eigenvalue weighted by Gasteiger charge is -2.12. The van der Waals surface area contributed by atoms with Crippen LogP contribution in [0.1, 0.15) is 12.5 Å². The van der Waals surface area contributed by atoms with Gasteiger partial charge in [0.15, 0.2) is 0 Å². The first-order valence-electron chi connectivity index (χ1n) is 6.32. The summed E-state index contributed by atoms with van der Waals surface area (Å²) in [7, 11) is 0. The molecule has 0 aromatic heterocycles. The highest BCUT2D eigenvalue weighted by Crippen LogP contribution is 2.25. The molecule has 0 heterocycles. The van der Waals surface area contributed by atoms with Crippen molar-refractivity contribution < 1.29 is 4.79 Å². The molecule has 0 aliphatic rings. The minimum absolute atomic E-state index is 0.0837. The van der Waals surface area contributed by atoms with E-state index >= 15 is 0 Å². The van der Waals surface area contributed by atoms with Crippen LogP contribution >= 0.6 is 23.4 Å². The van der Waals surface area contributed by atoms with Crippen LogP contribution in [0.2, 0.25) is 5.02 Å². The fraction of sp³-hybridized carbons (Fsp3) is 0.125. The van der Waals surface area contributed by atoms with Crippen molar-refractivity contribution in [2.45, 2.75) is 17.1 Å². The van der Waals surface area contributed by atoms with Crippen LogP contribution in [-0.2, 0) is 4.79 Å². The smallest absolute Gasteiger partial charge is 0.237 e. The van der Waals surface area contributed by atoms with Crippen molar-refractivity contribution in [1.29, 1.82) is 5.26 Å². The molecule has 5 heteroatoms. The molecule has 1 amide bonds. The molecule has 0 unspecified atom stereocenters. The van der Waals surface area contributed by atoms with Gasteiger partial charge in [-0.1, -0.05) is 11.6 Å². The van der Waals surface area contributed by atoms with E-state index in [2.05, 4.69) is 5.32 Å². The average molecular weight is 317 g/mol. The van der Waals surface area contributed by atoms with E-state index in [4.69, 9.17) is 16.9 Å². The number of nitrogens with one attached hydrogen (secondary N) is 1. The second kappa shape index (κ2) is 7.16. The van der Waals surface area contributed by atoms with Crippen LogP contribution in [0.3, 0.4) is 0 Å². The number of amides is 1. The molecule has 0 bridgehead atoms. The van der Waals surface area contributed by atoms with Crippen LogP contribution in [0, 0.1) is 11.3 Å². The highest BCUT2D eigenvalue weighted by Gasteiger charge is 2.14. The topological polar surface area (TPSA) is 52.9 Å². The summed E-state index contributed by atoms with van der Waals surface area (Å²) in [4.78, 5) is 13.1. The number of rotatable bonds is 4. The van der Waals surface area contributed by atoms with Crippen molar-refractivity contribution >= 4 is 35.0 Å². The third kappa shape index (κ3) is 4.52. The summed E-state index contributed by atoms with van der Waals surface area (Å²) >= 11 is 7.30. The van der Waals surface area contributed by atoms with Gasteiger partial charge in [-0.15, -0.1) is 11.8 Å². The number of nitrogens with zero attached hydrogens (tertiary/aromatic N) is 1. The molecule has 0 aliphatic heterocycles. The van der Waals surface area contributed by atoms with Crippen LogP contribution < -0.4 is 5.32 Å². The molecule has 2 aromatic rings. The Kier molecular flexibility index (Phi) is 5.26. The normalized spacial score (nSPS) is 11.5. The molecular formula is C16H13ClN2OS. The van der Waals surface area contributed by atoms with Gasteiger partial charge in [-0.3, -0.25) is 4.79 Å². The van der Waals surface area contributed by atoms with E-state index < -0.39 is 0 Å². The van der Waals surface area contributed by atoms with E-state index in [-0.39, 0.29) is 11.2 Å². The number of halogens is 1. The third-order valence-corrected chi connectivity index (χ3v) is 4.14. The molecule has 0 saturated carbocycles. The van der Waals surface area contributed by atoms with Crippen molar-refractivity contribution in [1.82, 2.24) is 0 Å². The van der Waals surface area contributed by atoms with E-state index in [1.165, 1.54) is 11.8 Å². The molecule has 21 heavy (non-hydrogen) atoms. The van der Waals surface area contributed by atoms with Crippen LogP contribution in [0.15, 0.2) is 53.4 Å². The standard InChI is InChI=1S/C16H13ClN2OS/c1-11(21-15-8-4-13(17)5-9-15)16(20)19-14-6-2-12(10-18)3-7-14/h2-9,11H,1H3,(H,19,20)/t11-/m1/s1. The largest absolute Gasteiger partial charge is 0.325 e. The Morgan fingerprint density at radius 3 is 2.38 bits per heavy atom. The number of nitriles is 1. The van der Waals surface area contributed by atoms with Crippen LogP contribution in [0.4, 0.5) is 5.69 Å². The predicted molar refractivity (Wildman–Crippen MR) is 86.6 cm³/mol. The lowest BCUT2D eigenvalue weighted by atomic mass is 10.2. The molecule has 106 valence electrons. The Morgan fingerprint density at radius 1 is 1.19 bits per heavy atom. The molecular weight excluding hydrogens is 304 g/mol. The predicted octanol–water partition coefficient (Wildman–Crippen LogP) is 4.33. The first-order valence-corrected chi connectivity index (χ1v) is 7.57. The van der Waals surface area contributed by atoms with Gasteiger partial charge in [0.1, 0.15) is 0 Å². The highest BCUT2D eigenvalue weighted by molar-refractivity contribution is 8.00. The van der Waals surface area contributed by atoms with Gasteiger partial charge in [-0.25, -0.2) is 0 Å². The summed E-state index contributed by atoms with van der Waals surface area (Å²) < 4.78 is 0. The minimum Gasteiger partial charge on any atom is -0.325 e. The van der Waals surface area contributed by atoms with Crippen molar-refractivity contribution in [3.05, 3.63) is 59.1 Å². The van der Waals surface area contributed by atoms with Gasteiger partial charge in [0.05, 0.1) is 16.9 Å². The number of benzene rings is 2. The van der Waals surface area contributed by atoms with Gasteiger partial charge in [0.2, 0.25) is 5.91 Å². The fourth-order valence-electron chi connectivity index (χ4n) is 1.64. The number of carbonyl (C=O) groups excluding carboxylic acids is 1. The number of hydrogen-bond acceptors (Lipinski definition) is 3. The molecule has 0 aliphatic carbocycles. The minimum atomic E-state index is -0.234. The summed E-state index contributed by atoms with van der Waals surface area (Å²) in [6, 6.07) is 16.2. The van der Waals surface area contributed by atoms with E-state index in [0.717, 1.165) is 4.90 Å². The second-order valence-corrected chi connectivity index (χ2v) is 6.24. The molecule has 1 atom stereocenters. The Morgan fingerprint density at radius 2 is 1.81 bits per heavy atom. The SMILES string of the molecule is C[C@@H](Sc1ccc(Cl)cc1)C(=O)Nc1ccc(C#N)cc1. The van der Waals surface area contributed by atoms with Crippen LogP contribution in [0.5, 0.6) is 0 Å². The molecule has 0 saturated heterocycles. The summed E-state index contributed by atoms with van der Waals surface area (Å²) in [6.45, 7) is 1.85. The van der Waals surface area contributed by atoms with Gasteiger partial charge < -0.3 is 5.32 Å². The average Bonchev–Trinajstić information content (AvgIpc) is 2.50. The Hall–Kier alpha value is -1.96. The zero-order chi connectivity index (χ0) is 15.2. The molecule has 1 N–H and O–H groups in total. The summed E-state index contributed by atoms with van der Waals surface area (Å²) in [5.74, 6) is -0.0837. The maximum Gasteiger partial charge on any atom is 0.237 e. The Balaban J connectivity index is 1.95. The Bertz CT molecular complexity index is 662. The molecule has 0 fully saturated rings. The van der Waals surface area contributed by atoms with Crippen molar-refractivity contribution in [3.63, 3.8) is 0 Å². The first kappa shape index (κ1) is 15.4. The van der Waals surface area contributed by atoms with E-state index in [1.807, 2.05) is 25.1 Å². The van der Waals surface area contributed by atoms with Gasteiger partial charge in [-0.2, -0.15) is 5.26 Å². The quantitative estimate of drug-likeness (QED) is 0.854. The third-order valence-electron chi connectivity index (χ3n) is 2.78. The maximum atomic E-state index is 12.1. The first-order chi connectivity index (χ1) is 10.1. The monoisotopic (exact) mass is 316 g/mol. The molecule has 2 aromatic carbocycles. The number of thioether (sulfide) groups is 1. The van der Waals surface area contributed by atoms with E-state index in [9.17, 15) is 4.79 Å². The molecule has 3 nitrogen and oxygen atoms in total. The number of hydrogen-bond donors (Lipinski definition) is 1. The molecule has 0 spiro atoms. The van der Waals surface area contributed by atoms with Crippen LogP contribution in [0.25, 0.3) is 0 Å². The zero-order valence-electron chi connectivity index (χ0n) is 11.3. The van der Waals surface area contributed by atoms with Crippen molar-refractivity contribution in [3.8, 4) is 6.07 Å². The maximum absolute atomic E-state index is 12.1. The lowest BCUT2D eigenvalue weighted by Crippen LogP contribution is -2.22. The van der Waals surface area contributed by atoms with Gasteiger partial charge in [-0.05, 0) is 55.5 Å². The van der Waals surface area contributed by atoms with E-state index in [1.54, 1.807) is 36.4 Å². The van der Waals surface area contributed by atoms with E-state index in [0.29, 0.717) is 16.3 Å². The second-order valence-electron chi connectivity index (χ2n) is 4.39. The van der Waals surface area contributed by atoms with Gasteiger partial charge >= 0.3 is 0 Å². The lowest BCUT2D eigenvalue weighted by molar-refractivity contribution is -0.115. The summed E-state index contributed by atoms with van der Waals surface area (Å²) in [5, 5.41) is 12.0. The highest BCUT2D eigenvalue weighted by atomic mass is 35.5. The van der Waals surface area contributed by atoms with Gasteiger partial charge in [0.25, 0.3) is 0 Å². The van der Waals surface area contributed by atoms with Crippen LogP contribution in [-0.4, -0.2) is 11.2 Å². The van der Waals surface area contributed by atoms with Crippen molar-refractivity contribution in [2.24, 2.45) is 0 Å². The summed E-state index contributed by atoms with van der Waals surface area (Å²) in [5.41, 5.74) is 1.25. The molecule has 2 rings (SSSR count). The molecule has 0 radical (unpaired) electrons. The Labute approximate surface area is 132 Å². The van der Waals surface area contributed by atoms with Gasteiger partial charge in [0, 0.05) is 15.6 Å². The number of anilines is 1.